The molecule has 6 heteroatoms. The molecule has 144 valence electrons. The Morgan fingerprint density at radius 2 is 1.79 bits per heavy atom. The van der Waals surface area contributed by atoms with E-state index in [1.807, 2.05) is 65.6 Å². The van der Waals surface area contributed by atoms with Crippen LogP contribution in [0.15, 0.2) is 60.7 Å². The first-order valence-electron chi connectivity index (χ1n) is 9.76. The average molecular weight is 375 g/mol. The summed E-state index contributed by atoms with van der Waals surface area (Å²) in [6.07, 6.45) is 1.90. The van der Waals surface area contributed by atoms with Crippen molar-refractivity contribution < 1.29 is 4.79 Å². The third kappa shape index (κ3) is 3.55. The lowest BCUT2D eigenvalue weighted by Gasteiger charge is -2.37. The Hall–Kier alpha value is -2.99. The van der Waals surface area contributed by atoms with E-state index in [1.165, 1.54) is 0 Å². The third-order valence-electron chi connectivity index (χ3n) is 5.34. The molecule has 2 N–H and O–H groups in total. The molecule has 28 heavy (non-hydrogen) atoms. The van der Waals surface area contributed by atoms with Gasteiger partial charge in [-0.2, -0.15) is 0 Å². The smallest absolute Gasteiger partial charge is 0.293 e. The quantitative estimate of drug-likeness (QED) is 0.760. The number of rotatable bonds is 4. The maximum Gasteiger partial charge on any atom is 0.293 e. The van der Waals surface area contributed by atoms with Crippen LogP contribution < -0.4 is 5.73 Å². The summed E-state index contributed by atoms with van der Waals surface area (Å²) >= 11 is 0. The highest BCUT2D eigenvalue weighted by atomic mass is 16.2. The van der Waals surface area contributed by atoms with Crippen LogP contribution in [0, 0.1) is 5.92 Å². The Balaban J connectivity index is 1.74. The van der Waals surface area contributed by atoms with Crippen LogP contribution in [0.5, 0.6) is 0 Å². The second-order valence-electron chi connectivity index (χ2n) is 7.39. The van der Waals surface area contributed by atoms with Gasteiger partial charge in [-0.15, -0.1) is 5.10 Å². The van der Waals surface area contributed by atoms with Gasteiger partial charge in [0.25, 0.3) is 5.91 Å². The minimum atomic E-state index is -0.144. The van der Waals surface area contributed by atoms with Crippen LogP contribution in [0.3, 0.4) is 0 Å². The first kappa shape index (κ1) is 18.4. The molecule has 0 spiro atoms. The number of nitrogens with two attached hydrogens (primary N) is 1. The summed E-state index contributed by atoms with van der Waals surface area (Å²) in [6.45, 7) is 3.36. The lowest BCUT2D eigenvalue weighted by atomic mass is 9.92. The summed E-state index contributed by atoms with van der Waals surface area (Å²) in [4.78, 5) is 19.7. The van der Waals surface area contributed by atoms with E-state index in [4.69, 9.17) is 5.73 Å². The zero-order chi connectivity index (χ0) is 19.5. The summed E-state index contributed by atoms with van der Waals surface area (Å²) in [5.74, 6) is 1.31. The summed E-state index contributed by atoms with van der Waals surface area (Å²) in [5, 5.41) is 4.59. The van der Waals surface area contributed by atoms with Crippen molar-refractivity contribution in [1.29, 1.82) is 0 Å². The number of nitrogens with zero attached hydrogens (tertiary/aromatic N) is 4. The molecular formula is C22H25N5O. The van der Waals surface area contributed by atoms with E-state index in [0.29, 0.717) is 24.8 Å². The minimum absolute atomic E-state index is 0.0418. The van der Waals surface area contributed by atoms with Crippen molar-refractivity contribution in [2.24, 2.45) is 11.7 Å². The Morgan fingerprint density at radius 3 is 2.46 bits per heavy atom. The van der Waals surface area contributed by atoms with Crippen LogP contribution in [-0.4, -0.2) is 44.7 Å². The number of hydrogen-bond acceptors (Lipinski definition) is 4. The van der Waals surface area contributed by atoms with Gasteiger partial charge in [0.05, 0.1) is 5.69 Å². The number of carbonyl (C=O) groups excluding carboxylic acids is 1. The number of para-hydroxylation sites is 1. The van der Waals surface area contributed by atoms with E-state index in [9.17, 15) is 4.79 Å². The molecule has 2 heterocycles. The maximum absolute atomic E-state index is 13.2. The first-order chi connectivity index (χ1) is 13.7. The van der Waals surface area contributed by atoms with E-state index < -0.39 is 0 Å². The third-order valence-corrected chi connectivity index (χ3v) is 5.34. The number of benzene rings is 2. The van der Waals surface area contributed by atoms with Crippen LogP contribution >= 0.6 is 0 Å². The van der Waals surface area contributed by atoms with Gasteiger partial charge in [-0.1, -0.05) is 55.5 Å². The molecule has 1 aliphatic rings. The second kappa shape index (κ2) is 7.94. The van der Waals surface area contributed by atoms with E-state index in [1.54, 1.807) is 4.68 Å². The zero-order valence-corrected chi connectivity index (χ0v) is 16.0. The standard InChI is InChI=1S/C22H25N5O/c1-16-12-13-26(19(14-16)15-23)22(28)20-24-21(17-8-4-2-5-9-17)27(25-20)18-10-6-3-7-11-18/h2-11,16,19H,12-15,23H2,1H3. The Labute approximate surface area is 165 Å². The Bertz CT molecular complexity index is 881. The fraction of sp³-hybridized carbons (Fsp3) is 0.318. The lowest BCUT2D eigenvalue weighted by Crippen LogP contribution is -2.49. The predicted octanol–water partition coefficient (Wildman–Crippen LogP) is 3.13. The lowest BCUT2D eigenvalue weighted by molar-refractivity contribution is 0.0561. The molecule has 2 atom stereocenters. The normalized spacial score (nSPS) is 19.6. The van der Waals surface area contributed by atoms with Gasteiger partial charge in [0.15, 0.2) is 5.82 Å². The number of hydrogen-bond donors (Lipinski definition) is 1. The minimum Gasteiger partial charge on any atom is -0.332 e. The van der Waals surface area contributed by atoms with Crippen molar-refractivity contribution in [2.45, 2.75) is 25.8 Å². The molecule has 2 unspecified atom stereocenters. The van der Waals surface area contributed by atoms with Crippen molar-refractivity contribution in [3.8, 4) is 17.1 Å². The summed E-state index contributed by atoms with van der Waals surface area (Å²) in [7, 11) is 0. The number of piperidine rings is 1. The number of likely N-dealkylation sites (tertiary alicyclic amines) is 1. The van der Waals surface area contributed by atoms with Crippen LogP contribution in [0.4, 0.5) is 0 Å². The fourth-order valence-electron chi connectivity index (χ4n) is 3.80. The van der Waals surface area contributed by atoms with Crippen LogP contribution in [0.25, 0.3) is 17.1 Å². The molecule has 1 aliphatic heterocycles. The molecule has 6 nitrogen and oxygen atoms in total. The number of aromatic nitrogens is 3. The van der Waals surface area contributed by atoms with Gasteiger partial charge >= 0.3 is 0 Å². The Kier molecular flexibility index (Phi) is 5.21. The average Bonchev–Trinajstić information content (AvgIpc) is 3.20. The monoisotopic (exact) mass is 375 g/mol. The molecule has 1 fully saturated rings. The first-order valence-corrected chi connectivity index (χ1v) is 9.76. The molecular weight excluding hydrogens is 350 g/mol. The largest absolute Gasteiger partial charge is 0.332 e. The predicted molar refractivity (Wildman–Crippen MR) is 109 cm³/mol. The van der Waals surface area contributed by atoms with Gasteiger partial charge in [0.1, 0.15) is 0 Å². The Morgan fingerprint density at radius 1 is 1.11 bits per heavy atom. The van der Waals surface area contributed by atoms with Crippen molar-refractivity contribution in [3.05, 3.63) is 66.5 Å². The van der Waals surface area contributed by atoms with Crippen molar-refractivity contribution >= 4 is 5.91 Å². The van der Waals surface area contributed by atoms with Gasteiger partial charge in [-0.05, 0) is 30.9 Å². The van der Waals surface area contributed by atoms with Gasteiger partial charge in [0.2, 0.25) is 5.82 Å². The highest BCUT2D eigenvalue weighted by Gasteiger charge is 2.32. The van der Waals surface area contributed by atoms with Crippen molar-refractivity contribution in [1.82, 2.24) is 19.7 Å². The molecule has 0 aliphatic carbocycles. The molecule has 1 amide bonds. The number of carbonyl (C=O) groups is 1. The number of amides is 1. The molecule has 0 bridgehead atoms. The molecule has 2 aromatic carbocycles. The zero-order valence-electron chi connectivity index (χ0n) is 16.0. The summed E-state index contributed by atoms with van der Waals surface area (Å²) in [6, 6.07) is 19.6. The van der Waals surface area contributed by atoms with Crippen LogP contribution in [0.2, 0.25) is 0 Å². The van der Waals surface area contributed by atoms with Gasteiger partial charge < -0.3 is 10.6 Å². The second-order valence-corrected chi connectivity index (χ2v) is 7.39. The highest BCUT2D eigenvalue weighted by molar-refractivity contribution is 5.91. The molecule has 3 aromatic rings. The van der Waals surface area contributed by atoms with Gasteiger partial charge in [0, 0.05) is 24.7 Å². The van der Waals surface area contributed by atoms with Crippen LogP contribution in [0.1, 0.15) is 30.4 Å². The fourth-order valence-corrected chi connectivity index (χ4v) is 3.80. The molecule has 0 radical (unpaired) electrons. The van der Waals surface area contributed by atoms with Crippen molar-refractivity contribution in [2.75, 3.05) is 13.1 Å². The topological polar surface area (TPSA) is 77.0 Å². The van der Waals surface area contributed by atoms with Gasteiger partial charge in [-0.3, -0.25) is 4.79 Å². The maximum atomic E-state index is 13.2. The SMILES string of the molecule is CC1CCN(C(=O)c2nc(-c3ccccc3)n(-c3ccccc3)n2)C(CN)C1. The molecule has 1 aromatic heterocycles. The summed E-state index contributed by atoms with van der Waals surface area (Å²) in [5.41, 5.74) is 7.74. The van der Waals surface area contributed by atoms with E-state index in [-0.39, 0.29) is 17.8 Å². The van der Waals surface area contributed by atoms with Crippen molar-refractivity contribution in [3.63, 3.8) is 0 Å². The molecule has 4 rings (SSSR count). The van der Waals surface area contributed by atoms with E-state index >= 15 is 0 Å². The van der Waals surface area contributed by atoms with Gasteiger partial charge in [-0.25, -0.2) is 9.67 Å². The van der Waals surface area contributed by atoms with E-state index in [0.717, 1.165) is 24.1 Å². The van der Waals surface area contributed by atoms with E-state index in [2.05, 4.69) is 17.0 Å². The molecule has 1 saturated heterocycles. The summed E-state index contributed by atoms with van der Waals surface area (Å²) < 4.78 is 1.74. The molecule has 0 saturated carbocycles. The highest BCUT2D eigenvalue weighted by Crippen LogP contribution is 2.25. The van der Waals surface area contributed by atoms with Crippen LogP contribution in [-0.2, 0) is 0 Å².